The smallest absolute Gasteiger partial charge is 0.315 e. The van der Waals surface area contributed by atoms with Gasteiger partial charge in [0.25, 0.3) is 0 Å². The van der Waals surface area contributed by atoms with Crippen molar-refractivity contribution in [3.05, 3.63) is 58.0 Å². The Morgan fingerprint density at radius 3 is 2.50 bits per heavy atom. The minimum Gasteiger partial charge on any atom is -0.467 e. The minimum atomic E-state index is -0.371. The lowest BCUT2D eigenvalue weighted by Crippen LogP contribution is -2.40. The third-order valence-corrected chi connectivity index (χ3v) is 4.46. The molecule has 2 unspecified atom stereocenters. The van der Waals surface area contributed by atoms with Crippen LogP contribution in [0.4, 0.5) is 4.79 Å². The quantitative estimate of drug-likeness (QED) is 0.628. The normalized spacial score (nSPS) is 13.5. The van der Waals surface area contributed by atoms with Gasteiger partial charge in [-0.25, -0.2) is 4.79 Å². The molecule has 2 amide bonds. The molecule has 142 valence electrons. The van der Waals surface area contributed by atoms with Crippen LogP contribution in [0.1, 0.15) is 44.2 Å². The molecule has 0 saturated carbocycles. The molecule has 1 aromatic carbocycles. The van der Waals surface area contributed by atoms with Crippen molar-refractivity contribution in [1.82, 2.24) is 10.6 Å². The summed E-state index contributed by atoms with van der Waals surface area (Å²) in [7, 11) is 0. The van der Waals surface area contributed by atoms with E-state index in [9.17, 15) is 4.79 Å². The zero-order valence-corrected chi connectivity index (χ0v) is 16.6. The largest absolute Gasteiger partial charge is 0.467 e. The molecule has 2 N–H and O–H groups in total. The van der Waals surface area contributed by atoms with Crippen molar-refractivity contribution in [2.45, 2.75) is 32.9 Å². The Labute approximate surface area is 164 Å². The van der Waals surface area contributed by atoms with Crippen LogP contribution in [-0.4, -0.2) is 19.2 Å². The zero-order valence-electron chi connectivity index (χ0n) is 15.1. The van der Waals surface area contributed by atoms with Crippen molar-refractivity contribution in [1.29, 1.82) is 0 Å². The third-order valence-electron chi connectivity index (χ3n) is 3.72. The second-order valence-electron chi connectivity index (χ2n) is 6.51. The van der Waals surface area contributed by atoms with Gasteiger partial charge in [0.2, 0.25) is 0 Å². The Bertz CT molecular complexity index is 705. The Hall–Kier alpha value is -1.69. The van der Waals surface area contributed by atoms with Gasteiger partial charge in [-0.1, -0.05) is 43.1 Å². The molecule has 7 heteroatoms. The fraction of sp³-hybridized carbons (Fsp3) is 0.421. The maximum Gasteiger partial charge on any atom is 0.315 e. The number of urea groups is 1. The molecule has 5 nitrogen and oxygen atoms in total. The van der Waals surface area contributed by atoms with Crippen LogP contribution < -0.4 is 10.6 Å². The Kier molecular flexibility index (Phi) is 7.82. The van der Waals surface area contributed by atoms with Crippen LogP contribution in [0.2, 0.25) is 10.0 Å². The zero-order chi connectivity index (χ0) is 19.1. The van der Waals surface area contributed by atoms with Crippen LogP contribution in [0.3, 0.4) is 0 Å². The average molecular weight is 399 g/mol. The summed E-state index contributed by atoms with van der Waals surface area (Å²) in [5, 5.41) is 6.71. The topological polar surface area (TPSA) is 63.5 Å². The van der Waals surface area contributed by atoms with E-state index < -0.39 is 0 Å². The lowest BCUT2D eigenvalue weighted by Gasteiger charge is -2.20. The van der Waals surface area contributed by atoms with Crippen molar-refractivity contribution in [3.63, 3.8) is 0 Å². The van der Waals surface area contributed by atoms with Crippen LogP contribution >= 0.6 is 23.2 Å². The monoisotopic (exact) mass is 398 g/mol. The van der Waals surface area contributed by atoms with E-state index in [1.807, 2.05) is 19.1 Å². The molecular weight excluding hydrogens is 375 g/mol. The Balaban J connectivity index is 1.96. The summed E-state index contributed by atoms with van der Waals surface area (Å²) < 4.78 is 11.1. The fourth-order valence-corrected chi connectivity index (χ4v) is 2.67. The number of benzene rings is 1. The Morgan fingerprint density at radius 1 is 1.12 bits per heavy atom. The summed E-state index contributed by atoms with van der Waals surface area (Å²) in [6, 6.07) is 7.94. The summed E-state index contributed by atoms with van der Waals surface area (Å²) in [5.74, 6) is 1.06. The number of rotatable bonds is 8. The molecule has 0 spiro atoms. The molecule has 0 aliphatic carbocycles. The van der Waals surface area contributed by atoms with Crippen LogP contribution in [0, 0.1) is 5.92 Å². The van der Waals surface area contributed by atoms with Gasteiger partial charge in [-0.3, -0.25) is 0 Å². The first-order valence-corrected chi connectivity index (χ1v) is 9.25. The number of carbonyl (C=O) groups excluding carboxylic acids is 1. The number of furan rings is 1. The molecular formula is C19H24Cl2N2O3. The highest BCUT2D eigenvalue weighted by Crippen LogP contribution is 2.25. The van der Waals surface area contributed by atoms with Gasteiger partial charge in [-0.15, -0.1) is 0 Å². The first-order chi connectivity index (χ1) is 12.4. The molecule has 1 heterocycles. The fourth-order valence-electron chi connectivity index (χ4n) is 2.37. The van der Waals surface area contributed by atoms with E-state index in [1.54, 1.807) is 24.5 Å². The maximum absolute atomic E-state index is 12.4. The molecule has 0 radical (unpaired) electrons. The molecule has 0 aliphatic rings. The van der Waals surface area contributed by atoms with Crippen LogP contribution in [0.15, 0.2) is 41.0 Å². The highest BCUT2D eigenvalue weighted by Gasteiger charge is 2.19. The molecule has 0 bridgehead atoms. The second-order valence-corrected chi connectivity index (χ2v) is 7.33. The first-order valence-electron chi connectivity index (χ1n) is 8.50. The van der Waals surface area contributed by atoms with Gasteiger partial charge in [0.15, 0.2) is 0 Å². The number of halogens is 2. The number of hydrogen-bond donors (Lipinski definition) is 2. The molecule has 2 atom stereocenters. The van der Waals surface area contributed by atoms with E-state index >= 15 is 0 Å². The number of hydrogen-bond acceptors (Lipinski definition) is 3. The average Bonchev–Trinajstić information content (AvgIpc) is 3.10. The Morgan fingerprint density at radius 2 is 1.88 bits per heavy atom. The van der Waals surface area contributed by atoms with E-state index in [0.717, 1.165) is 5.56 Å². The summed E-state index contributed by atoms with van der Waals surface area (Å²) in [4.78, 5) is 12.4. The molecule has 26 heavy (non-hydrogen) atoms. The van der Waals surface area contributed by atoms with Crippen LogP contribution in [0.25, 0.3) is 0 Å². The van der Waals surface area contributed by atoms with Gasteiger partial charge in [0.05, 0.1) is 29.0 Å². The van der Waals surface area contributed by atoms with Crippen molar-refractivity contribution >= 4 is 29.2 Å². The molecule has 0 fully saturated rings. The van der Waals surface area contributed by atoms with Crippen LogP contribution in [-0.2, 0) is 4.74 Å². The van der Waals surface area contributed by atoms with Gasteiger partial charge in [-0.2, -0.15) is 0 Å². The lowest BCUT2D eigenvalue weighted by atomic mass is 10.1. The first kappa shape index (κ1) is 20.6. The molecule has 2 rings (SSSR count). The van der Waals surface area contributed by atoms with E-state index in [4.69, 9.17) is 32.4 Å². The van der Waals surface area contributed by atoms with Crippen molar-refractivity contribution in [2.24, 2.45) is 5.92 Å². The van der Waals surface area contributed by atoms with Gasteiger partial charge < -0.3 is 19.8 Å². The summed E-state index contributed by atoms with van der Waals surface area (Å²) in [6.45, 7) is 6.96. The van der Waals surface area contributed by atoms with Crippen LogP contribution in [0.5, 0.6) is 0 Å². The van der Waals surface area contributed by atoms with E-state index in [0.29, 0.717) is 34.9 Å². The van der Waals surface area contributed by atoms with E-state index in [2.05, 4.69) is 24.5 Å². The van der Waals surface area contributed by atoms with Gasteiger partial charge in [-0.05, 0) is 42.7 Å². The number of carbonyl (C=O) groups is 1. The lowest BCUT2D eigenvalue weighted by molar-refractivity contribution is 0.0867. The molecule has 1 aromatic heterocycles. The van der Waals surface area contributed by atoms with E-state index in [-0.39, 0.29) is 18.1 Å². The van der Waals surface area contributed by atoms with Crippen molar-refractivity contribution in [3.8, 4) is 0 Å². The number of amides is 2. The standard InChI is InChI=1S/C19H24Cl2N2O3/c1-12(2)10-25-11-17(18-5-4-8-26-18)23-19(24)22-13(3)14-6-7-15(20)16(21)9-14/h4-9,12-13,17H,10-11H2,1-3H3,(H2,22,23,24). The maximum atomic E-state index is 12.4. The number of ether oxygens (including phenoxy) is 1. The number of nitrogens with one attached hydrogen (secondary N) is 2. The molecule has 0 aliphatic heterocycles. The summed E-state index contributed by atoms with van der Waals surface area (Å²) in [6.07, 6.45) is 1.57. The predicted octanol–water partition coefficient (Wildman–Crippen LogP) is 5.36. The van der Waals surface area contributed by atoms with Crippen molar-refractivity contribution in [2.75, 3.05) is 13.2 Å². The van der Waals surface area contributed by atoms with E-state index in [1.165, 1.54) is 0 Å². The predicted molar refractivity (Wildman–Crippen MR) is 104 cm³/mol. The highest BCUT2D eigenvalue weighted by molar-refractivity contribution is 6.42. The van der Waals surface area contributed by atoms with Gasteiger partial charge in [0.1, 0.15) is 11.8 Å². The highest BCUT2D eigenvalue weighted by atomic mass is 35.5. The summed E-state index contributed by atoms with van der Waals surface area (Å²) >= 11 is 12.0. The second kappa shape index (κ2) is 9.86. The summed E-state index contributed by atoms with van der Waals surface area (Å²) in [5.41, 5.74) is 0.861. The third kappa shape index (κ3) is 6.24. The molecule has 2 aromatic rings. The van der Waals surface area contributed by atoms with Gasteiger partial charge >= 0.3 is 6.03 Å². The minimum absolute atomic E-state index is 0.237. The SMILES string of the molecule is CC(C)COCC(NC(=O)NC(C)c1ccc(Cl)c(Cl)c1)c1ccco1. The van der Waals surface area contributed by atoms with Crippen molar-refractivity contribution < 1.29 is 13.9 Å². The van der Waals surface area contributed by atoms with Gasteiger partial charge in [0, 0.05) is 6.61 Å². The molecule has 0 saturated heterocycles.